The standard InChI is InChI=1S/C19H31N4O8P/c1-6-18(3,31-32(28,29)19(4,27)7-2)8-11-13(24)14(25)17(30-11)23-10-22(5)12-15(23)20-9-21-16(12)26/h9-11,13-14,17,24-25,27H,6-8H2,1-5H3,(H-,20,21,26,28,29)/p+1/t11-,13-,14-,17-,18?,19?/m1/s1. The van der Waals surface area contributed by atoms with Crippen molar-refractivity contribution < 1.29 is 38.6 Å². The Morgan fingerprint density at radius 1 is 1.31 bits per heavy atom. The van der Waals surface area contributed by atoms with Crippen LogP contribution in [-0.4, -0.2) is 64.0 Å². The molecule has 180 valence electrons. The topological polar surface area (TPSA) is 171 Å². The van der Waals surface area contributed by atoms with Crippen molar-refractivity contribution in [1.29, 1.82) is 0 Å². The monoisotopic (exact) mass is 475 g/mol. The van der Waals surface area contributed by atoms with Crippen LogP contribution in [0.15, 0.2) is 17.4 Å². The molecule has 32 heavy (non-hydrogen) atoms. The molecule has 1 fully saturated rings. The first kappa shape index (κ1) is 25.0. The van der Waals surface area contributed by atoms with Gasteiger partial charge in [0.05, 0.1) is 18.8 Å². The van der Waals surface area contributed by atoms with Crippen molar-refractivity contribution in [2.24, 2.45) is 7.05 Å². The molecule has 3 unspecified atom stereocenters. The average Bonchev–Trinajstić information content (AvgIpc) is 3.19. The number of aromatic amines is 1. The molecule has 1 aliphatic heterocycles. The second-order valence-electron chi connectivity index (χ2n) is 8.77. The van der Waals surface area contributed by atoms with Gasteiger partial charge in [0.15, 0.2) is 18.0 Å². The first-order valence-corrected chi connectivity index (χ1v) is 12.1. The number of nitrogens with one attached hydrogen (secondary N) is 1. The summed E-state index contributed by atoms with van der Waals surface area (Å²) in [6.07, 6.45) is -1.65. The van der Waals surface area contributed by atoms with Crippen LogP contribution < -0.4 is 10.1 Å². The Labute approximate surface area is 185 Å². The first-order valence-electron chi connectivity index (χ1n) is 10.5. The first-order chi connectivity index (χ1) is 14.8. The van der Waals surface area contributed by atoms with Crippen LogP contribution in [0.4, 0.5) is 0 Å². The number of ether oxygens (including phenoxy) is 1. The molecule has 0 amide bonds. The third-order valence-corrected chi connectivity index (χ3v) is 8.54. The van der Waals surface area contributed by atoms with E-state index < -0.39 is 43.1 Å². The number of imidazole rings is 1. The number of nitrogens with zero attached hydrogens (tertiary/aromatic N) is 3. The Balaban J connectivity index is 1.87. The minimum Gasteiger partial charge on any atom is -0.387 e. The second kappa shape index (κ2) is 8.60. The number of aliphatic hydroxyl groups excluding tert-OH is 2. The van der Waals surface area contributed by atoms with E-state index in [0.717, 1.165) is 0 Å². The highest BCUT2D eigenvalue weighted by atomic mass is 31.2. The van der Waals surface area contributed by atoms with Gasteiger partial charge in [0.2, 0.25) is 11.7 Å². The molecule has 3 heterocycles. The highest BCUT2D eigenvalue weighted by molar-refractivity contribution is 7.54. The number of hydrogen-bond donors (Lipinski definition) is 5. The normalized spacial score (nSPS) is 29.5. The van der Waals surface area contributed by atoms with Crippen LogP contribution in [0.5, 0.6) is 0 Å². The third-order valence-electron chi connectivity index (χ3n) is 6.32. The molecule has 3 rings (SSSR count). The van der Waals surface area contributed by atoms with Gasteiger partial charge in [0.25, 0.3) is 5.56 Å². The summed E-state index contributed by atoms with van der Waals surface area (Å²) < 4.78 is 27.2. The highest BCUT2D eigenvalue weighted by Crippen LogP contribution is 2.59. The lowest BCUT2D eigenvalue weighted by Crippen LogP contribution is -2.46. The highest BCUT2D eigenvalue weighted by Gasteiger charge is 2.51. The zero-order chi connectivity index (χ0) is 24.1. The molecule has 0 spiro atoms. The van der Waals surface area contributed by atoms with Gasteiger partial charge in [-0.3, -0.25) is 18.9 Å². The molecule has 0 radical (unpaired) electrons. The van der Waals surface area contributed by atoms with Crippen molar-refractivity contribution in [3.8, 4) is 0 Å². The summed E-state index contributed by atoms with van der Waals surface area (Å²) >= 11 is 0. The number of aliphatic hydroxyl groups is 3. The SMILES string of the molecule is CCC(C)(C[C@H]1O[C@@H]([n+]2cn(C)c3c(=O)[nH]cnc32)[C@H](O)[C@@H]1O)OP(=O)(O)C(C)(O)CC. The van der Waals surface area contributed by atoms with Crippen molar-refractivity contribution in [1.82, 2.24) is 14.5 Å². The van der Waals surface area contributed by atoms with E-state index in [-0.39, 0.29) is 36.0 Å². The predicted molar refractivity (Wildman–Crippen MR) is 113 cm³/mol. The van der Waals surface area contributed by atoms with Crippen molar-refractivity contribution in [3.05, 3.63) is 23.0 Å². The fraction of sp³-hybridized carbons (Fsp3) is 0.737. The summed E-state index contributed by atoms with van der Waals surface area (Å²) in [5, 5.41) is 29.7. The molecule has 1 aliphatic rings. The van der Waals surface area contributed by atoms with E-state index in [1.807, 2.05) is 0 Å². The van der Waals surface area contributed by atoms with Crippen molar-refractivity contribution in [2.75, 3.05) is 0 Å². The van der Waals surface area contributed by atoms with Crippen LogP contribution in [-0.2, 0) is 20.9 Å². The maximum atomic E-state index is 12.7. The molecule has 0 saturated carbocycles. The maximum Gasteiger partial charge on any atom is 0.359 e. The number of aromatic nitrogens is 4. The summed E-state index contributed by atoms with van der Waals surface area (Å²) in [5.41, 5.74) is -1.07. The van der Waals surface area contributed by atoms with E-state index in [9.17, 15) is 29.6 Å². The molecular weight excluding hydrogens is 443 g/mol. The molecule has 2 aromatic rings. The summed E-state index contributed by atoms with van der Waals surface area (Å²) in [6, 6.07) is 0. The molecule has 13 heteroatoms. The molecule has 12 nitrogen and oxygen atoms in total. The molecule has 7 atom stereocenters. The Morgan fingerprint density at radius 3 is 2.56 bits per heavy atom. The Morgan fingerprint density at radius 2 is 1.97 bits per heavy atom. The predicted octanol–water partition coefficient (Wildman–Crippen LogP) is 0.0476. The van der Waals surface area contributed by atoms with Crippen LogP contribution in [0.1, 0.15) is 53.2 Å². The molecular formula is C19H32N4O8P+. The van der Waals surface area contributed by atoms with Crippen LogP contribution in [0.3, 0.4) is 0 Å². The molecule has 0 bridgehead atoms. The van der Waals surface area contributed by atoms with Gasteiger partial charge in [0.1, 0.15) is 12.2 Å². The van der Waals surface area contributed by atoms with E-state index in [0.29, 0.717) is 0 Å². The summed E-state index contributed by atoms with van der Waals surface area (Å²) in [5.74, 6) is 0. The molecule has 1 saturated heterocycles. The van der Waals surface area contributed by atoms with E-state index in [1.54, 1.807) is 27.8 Å². The minimum atomic E-state index is -4.43. The fourth-order valence-corrected chi connectivity index (χ4v) is 5.17. The number of fused-ring (bicyclic) bond motifs is 1. The van der Waals surface area contributed by atoms with Gasteiger partial charge in [-0.25, -0.2) is 4.57 Å². The average molecular weight is 475 g/mol. The van der Waals surface area contributed by atoms with E-state index in [1.165, 1.54) is 28.7 Å². The van der Waals surface area contributed by atoms with Crippen molar-refractivity contribution >= 4 is 18.8 Å². The largest absolute Gasteiger partial charge is 0.387 e. The van der Waals surface area contributed by atoms with Crippen LogP contribution in [0.2, 0.25) is 0 Å². The number of rotatable bonds is 8. The number of hydrogen-bond acceptors (Lipinski definition) is 8. The Kier molecular flexibility index (Phi) is 6.71. The minimum absolute atomic E-state index is 0.00770. The molecule has 5 N–H and O–H groups in total. The van der Waals surface area contributed by atoms with E-state index >= 15 is 0 Å². The van der Waals surface area contributed by atoms with Crippen LogP contribution >= 0.6 is 7.60 Å². The smallest absolute Gasteiger partial charge is 0.359 e. The number of H-pyrrole nitrogens is 1. The zero-order valence-corrected chi connectivity index (χ0v) is 19.7. The molecule has 0 aromatic carbocycles. The third kappa shape index (κ3) is 4.28. The van der Waals surface area contributed by atoms with Gasteiger partial charge >= 0.3 is 13.2 Å². The lowest BCUT2D eigenvalue weighted by atomic mass is 9.93. The van der Waals surface area contributed by atoms with Gasteiger partial charge in [-0.2, -0.15) is 0 Å². The lowest BCUT2D eigenvalue weighted by molar-refractivity contribution is -0.746. The van der Waals surface area contributed by atoms with E-state index in [2.05, 4.69) is 9.97 Å². The van der Waals surface area contributed by atoms with Gasteiger partial charge in [-0.15, -0.1) is 0 Å². The Bertz CT molecular complexity index is 1080. The van der Waals surface area contributed by atoms with Gasteiger partial charge < -0.3 is 29.5 Å². The van der Waals surface area contributed by atoms with Crippen molar-refractivity contribution in [2.45, 2.75) is 82.4 Å². The quantitative estimate of drug-likeness (QED) is 0.261. The van der Waals surface area contributed by atoms with Gasteiger partial charge in [0, 0.05) is 6.42 Å². The maximum absolute atomic E-state index is 12.7. The zero-order valence-electron chi connectivity index (χ0n) is 18.8. The van der Waals surface area contributed by atoms with Crippen LogP contribution in [0.25, 0.3) is 11.2 Å². The second-order valence-corrected chi connectivity index (χ2v) is 11.0. The van der Waals surface area contributed by atoms with Crippen molar-refractivity contribution in [3.63, 3.8) is 0 Å². The van der Waals surface area contributed by atoms with Crippen LogP contribution in [0, 0.1) is 0 Å². The van der Waals surface area contributed by atoms with E-state index in [4.69, 9.17) is 9.26 Å². The number of aryl methyl sites for hydroxylation is 1. The molecule has 2 aromatic heterocycles. The van der Waals surface area contributed by atoms with Gasteiger partial charge in [-0.1, -0.05) is 18.8 Å². The summed E-state index contributed by atoms with van der Waals surface area (Å²) in [6.45, 7) is 6.13. The molecule has 0 aliphatic carbocycles. The summed E-state index contributed by atoms with van der Waals surface area (Å²) in [7, 11) is -2.79. The summed E-state index contributed by atoms with van der Waals surface area (Å²) in [4.78, 5) is 29.1. The Hall–Kier alpha value is -1.66. The fourth-order valence-electron chi connectivity index (χ4n) is 3.77. The lowest BCUT2D eigenvalue weighted by Gasteiger charge is -2.37. The van der Waals surface area contributed by atoms with Gasteiger partial charge in [-0.05, 0) is 26.7 Å².